The van der Waals surface area contributed by atoms with E-state index in [9.17, 15) is 4.79 Å². The predicted octanol–water partition coefficient (Wildman–Crippen LogP) is 2.31. The second kappa shape index (κ2) is 8.47. The molecular formula is C15H30N2O3. The maximum atomic E-state index is 11.7. The van der Waals surface area contributed by atoms with Crippen LogP contribution in [0, 0.1) is 5.92 Å². The average molecular weight is 286 g/mol. The zero-order chi connectivity index (χ0) is 15.0. The van der Waals surface area contributed by atoms with E-state index in [1.165, 1.54) is 0 Å². The molecule has 20 heavy (non-hydrogen) atoms. The van der Waals surface area contributed by atoms with Gasteiger partial charge in [-0.25, -0.2) is 4.79 Å². The monoisotopic (exact) mass is 286 g/mol. The highest BCUT2D eigenvalue weighted by Crippen LogP contribution is 2.13. The Hall–Kier alpha value is -0.810. The molecule has 2 N–H and O–H groups in total. The lowest BCUT2D eigenvalue weighted by atomic mass is 10.0. The van der Waals surface area contributed by atoms with Gasteiger partial charge in [-0.1, -0.05) is 6.92 Å². The van der Waals surface area contributed by atoms with Crippen LogP contribution in [0.5, 0.6) is 0 Å². The molecule has 1 aliphatic heterocycles. The van der Waals surface area contributed by atoms with Crippen molar-refractivity contribution >= 4 is 6.09 Å². The number of nitrogens with one attached hydrogen (secondary N) is 2. The van der Waals surface area contributed by atoms with Gasteiger partial charge in [-0.3, -0.25) is 0 Å². The number of carbonyl (C=O) groups is 1. The van der Waals surface area contributed by atoms with Gasteiger partial charge in [0.15, 0.2) is 0 Å². The van der Waals surface area contributed by atoms with Crippen LogP contribution in [0.4, 0.5) is 4.79 Å². The molecule has 0 aromatic carbocycles. The molecule has 1 aliphatic rings. The van der Waals surface area contributed by atoms with Crippen LogP contribution in [-0.4, -0.2) is 44.0 Å². The first-order valence-electron chi connectivity index (χ1n) is 7.68. The summed E-state index contributed by atoms with van der Waals surface area (Å²) < 4.78 is 10.6. The maximum Gasteiger partial charge on any atom is 0.407 e. The number of amides is 1. The summed E-state index contributed by atoms with van der Waals surface area (Å²) in [4.78, 5) is 11.7. The zero-order valence-corrected chi connectivity index (χ0v) is 13.3. The van der Waals surface area contributed by atoms with Crippen molar-refractivity contribution in [1.29, 1.82) is 0 Å². The van der Waals surface area contributed by atoms with Gasteiger partial charge < -0.3 is 20.1 Å². The lowest BCUT2D eigenvalue weighted by Crippen LogP contribution is -2.45. The zero-order valence-electron chi connectivity index (χ0n) is 13.3. The molecule has 1 fully saturated rings. The van der Waals surface area contributed by atoms with Crippen molar-refractivity contribution in [1.82, 2.24) is 10.6 Å². The fourth-order valence-corrected chi connectivity index (χ4v) is 2.18. The topological polar surface area (TPSA) is 59.6 Å². The van der Waals surface area contributed by atoms with Crippen LogP contribution in [0.2, 0.25) is 0 Å². The Morgan fingerprint density at radius 1 is 1.35 bits per heavy atom. The van der Waals surface area contributed by atoms with Crippen LogP contribution in [0.1, 0.15) is 47.0 Å². The Balaban J connectivity index is 2.19. The first kappa shape index (κ1) is 17.2. The van der Waals surface area contributed by atoms with Crippen LogP contribution >= 0.6 is 0 Å². The van der Waals surface area contributed by atoms with Crippen LogP contribution in [-0.2, 0) is 9.47 Å². The van der Waals surface area contributed by atoms with Gasteiger partial charge in [0.1, 0.15) is 5.60 Å². The summed E-state index contributed by atoms with van der Waals surface area (Å²) in [5.41, 5.74) is -0.447. The highest BCUT2D eigenvalue weighted by molar-refractivity contribution is 5.68. The molecule has 1 atom stereocenters. The number of hydrogen-bond donors (Lipinski definition) is 2. The van der Waals surface area contributed by atoms with E-state index in [-0.39, 0.29) is 12.1 Å². The molecule has 1 saturated heterocycles. The van der Waals surface area contributed by atoms with Gasteiger partial charge in [-0.2, -0.15) is 0 Å². The summed E-state index contributed by atoms with van der Waals surface area (Å²) in [5, 5.41) is 6.36. The Morgan fingerprint density at radius 3 is 2.55 bits per heavy atom. The average Bonchev–Trinajstić information content (AvgIpc) is 2.36. The molecule has 0 spiro atoms. The Kier molecular flexibility index (Phi) is 7.30. The lowest BCUT2D eigenvalue weighted by Gasteiger charge is -2.25. The van der Waals surface area contributed by atoms with Crippen molar-refractivity contribution in [3.63, 3.8) is 0 Å². The number of rotatable bonds is 6. The minimum Gasteiger partial charge on any atom is -0.444 e. The van der Waals surface area contributed by atoms with E-state index in [0.29, 0.717) is 5.92 Å². The molecule has 5 heteroatoms. The van der Waals surface area contributed by atoms with Crippen molar-refractivity contribution in [3.8, 4) is 0 Å². The summed E-state index contributed by atoms with van der Waals surface area (Å²) in [6.45, 7) is 11.2. The van der Waals surface area contributed by atoms with Crippen LogP contribution in [0.25, 0.3) is 0 Å². The van der Waals surface area contributed by atoms with Gasteiger partial charge in [-0.15, -0.1) is 0 Å². The second-order valence-electron chi connectivity index (χ2n) is 6.47. The smallest absolute Gasteiger partial charge is 0.407 e. The molecule has 1 unspecified atom stereocenters. The van der Waals surface area contributed by atoms with Gasteiger partial charge >= 0.3 is 6.09 Å². The molecule has 0 saturated carbocycles. The number of ether oxygens (including phenoxy) is 2. The molecule has 0 bridgehead atoms. The summed E-state index contributed by atoms with van der Waals surface area (Å²) in [5.74, 6) is 0.697. The molecule has 1 amide bonds. The number of hydrogen-bond acceptors (Lipinski definition) is 4. The van der Waals surface area contributed by atoms with Gasteiger partial charge in [0, 0.05) is 25.8 Å². The van der Waals surface area contributed by atoms with Crippen molar-refractivity contribution in [3.05, 3.63) is 0 Å². The maximum absolute atomic E-state index is 11.7. The van der Waals surface area contributed by atoms with Crippen LogP contribution in [0.15, 0.2) is 0 Å². The Morgan fingerprint density at radius 2 is 2.00 bits per heavy atom. The van der Waals surface area contributed by atoms with Crippen LogP contribution in [0.3, 0.4) is 0 Å². The van der Waals surface area contributed by atoms with E-state index in [2.05, 4.69) is 17.6 Å². The normalized spacial score (nSPS) is 18.6. The van der Waals surface area contributed by atoms with Gasteiger partial charge in [0.05, 0.1) is 0 Å². The third kappa shape index (κ3) is 7.70. The van der Waals surface area contributed by atoms with Gasteiger partial charge in [-0.05, 0) is 52.5 Å². The highest BCUT2D eigenvalue weighted by Gasteiger charge is 2.19. The first-order chi connectivity index (χ1) is 9.40. The molecule has 0 radical (unpaired) electrons. The summed E-state index contributed by atoms with van der Waals surface area (Å²) in [7, 11) is 0. The molecule has 1 rings (SSSR count). The van der Waals surface area contributed by atoms with Crippen molar-refractivity contribution in [2.24, 2.45) is 5.92 Å². The lowest BCUT2D eigenvalue weighted by molar-refractivity contribution is 0.0500. The van der Waals surface area contributed by atoms with E-state index in [1.54, 1.807) is 0 Å². The van der Waals surface area contributed by atoms with Crippen LogP contribution < -0.4 is 10.6 Å². The molecule has 0 aromatic rings. The third-order valence-corrected chi connectivity index (χ3v) is 3.38. The predicted molar refractivity (Wildman–Crippen MR) is 79.9 cm³/mol. The fourth-order valence-electron chi connectivity index (χ4n) is 2.18. The summed E-state index contributed by atoms with van der Waals surface area (Å²) >= 11 is 0. The molecular weight excluding hydrogens is 256 g/mol. The molecule has 1 heterocycles. The summed E-state index contributed by atoms with van der Waals surface area (Å²) in [6.07, 6.45) is 2.81. The third-order valence-electron chi connectivity index (χ3n) is 3.38. The standard InChI is InChI=1S/C15H30N2O3/c1-5-13(17-14(18)20-15(2,3)4)11-16-10-12-6-8-19-9-7-12/h12-13,16H,5-11H2,1-4H3,(H,17,18). The quantitative estimate of drug-likeness (QED) is 0.786. The van der Waals surface area contributed by atoms with E-state index >= 15 is 0 Å². The SMILES string of the molecule is CCC(CNCC1CCOCC1)NC(=O)OC(C)(C)C. The van der Waals surface area contributed by atoms with E-state index in [0.717, 1.165) is 45.6 Å². The number of alkyl carbamates (subject to hydrolysis) is 1. The van der Waals surface area contributed by atoms with Gasteiger partial charge in [0.2, 0.25) is 0 Å². The fraction of sp³-hybridized carbons (Fsp3) is 0.933. The highest BCUT2D eigenvalue weighted by atomic mass is 16.6. The molecule has 5 nitrogen and oxygen atoms in total. The minimum absolute atomic E-state index is 0.115. The number of carbonyl (C=O) groups excluding carboxylic acids is 1. The largest absolute Gasteiger partial charge is 0.444 e. The Bertz CT molecular complexity index is 283. The van der Waals surface area contributed by atoms with Crippen molar-refractivity contribution in [2.45, 2.75) is 58.6 Å². The summed E-state index contributed by atoms with van der Waals surface area (Å²) in [6, 6.07) is 0.115. The molecule has 0 aliphatic carbocycles. The Labute approximate surface area is 122 Å². The first-order valence-corrected chi connectivity index (χ1v) is 7.68. The minimum atomic E-state index is -0.447. The van der Waals surface area contributed by atoms with Crippen molar-refractivity contribution < 1.29 is 14.3 Å². The van der Waals surface area contributed by atoms with E-state index in [4.69, 9.17) is 9.47 Å². The molecule has 118 valence electrons. The van der Waals surface area contributed by atoms with E-state index in [1.807, 2.05) is 20.8 Å². The second-order valence-corrected chi connectivity index (χ2v) is 6.47. The van der Waals surface area contributed by atoms with Gasteiger partial charge in [0.25, 0.3) is 0 Å². The molecule has 0 aromatic heterocycles. The van der Waals surface area contributed by atoms with Crippen molar-refractivity contribution in [2.75, 3.05) is 26.3 Å². The van der Waals surface area contributed by atoms with E-state index < -0.39 is 5.60 Å².